The highest BCUT2D eigenvalue weighted by atomic mass is 16.3. The average molecular weight is 309 g/mol. The number of carbonyl (C=O) groups is 1. The van der Waals surface area contributed by atoms with Crippen LogP contribution in [-0.2, 0) is 13.6 Å². The molecule has 1 aliphatic heterocycles. The third kappa shape index (κ3) is 5.31. The topological polar surface area (TPSA) is 82.4 Å². The van der Waals surface area contributed by atoms with E-state index in [2.05, 4.69) is 27.6 Å². The highest BCUT2D eigenvalue weighted by Crippen LogP contribution is 2.15. The SMILES string of the molecule is CC1CCN(CC(O)CNC(=O)NCc2ccnn2C)CC1. The molecule has 1 aliphatic rings. The smallest absolute Gasteiger partial charge is 0.315 e. The van der Waals surface area contributed by atoms with Gasteiger partial charge in [-0.1, -0.05) is 6.92 Å². The van der Waals surface area contributed by atoms with Gasteiger partial charge in [0.15, 0.2) is 0 Å². The largest absolute Gasteiger partial charge is 0.390 e. The molecule has 2 heterocycles. The predicted molar refractivity (Wildman–Crippen MR) is 84.3 cm³/mol. The number of aromatic nitrogens is 2. The summed E-state index contributed by atoms with van der Waals surface area (Å²) in [5.74, 6) is 0.782. The van der Waals surface area contributed by atoms with E-state index in [0.29, 0.717) is 13.1 Å². The Hall–Kier alpha value is -1.60. The normalized spacial score (nSPS) is 18.1. The fraction of sp³-hybridized carbons (Fsp3) is 0.733. The minimum Gasteiger partial charge on any atom is -0.390 e. The summed E-state index contributed by atoms with van der Waals surface area (Å²) in [7, 11) is 1.83. The molecule has 0 aliphatic carbocycles. The molecule has 7 heteroatoms. The number of amides is 2. The number of aryl methyl sites for hydroxylation is 1. The molecule has 7 nitrogen and oxygen atoms in total. The molecule has 0 bridgehead atoms. The number of urea groups is 1. The maximum Gasteiger partial charge on any atom is 0.315 e. The maximum atomic E-state index is 11.7. The Kier molecular flexibility index (Phi) is 6.21. The molecule has 0 spiro atoms. The summed E-state index contributed by atoms with van der Waals surface area (Å²) in [5, 5.41) is 19.5. The third-order valence-corrected chi connectivity index (χ3v) is 4.20. The van der Waals surface area contributed by atoms with E-state index in [1.54, 1.807) is 10.9 Å². The summed E-state index contributed by atoms with van der Waals surface area (Å²) in [6.07, 6.45) is 3.53. The maximum absolute atomic E-state index is 11.7. The van der Waals surface area contributed by atoms with Crippen molar-refractivity contribution in [3.8, 4) is 0 Å². The van der Waals surface area contributed by atoms with E-state index >= 15 is 0 Å². The minimum atomic E-state index is -0.532. The fourth-order valence-corrected chi connectivity index (χ4v) is 2.63. The Morgan fingerprint density at radius 3 is 2.82 bits per heavy atom. The summed E-state index contributed by atoms with van der Waals surface area (Å²) < 4.78 is 1.71. The van der Waals surface area contributed by atoms with Crippen molar-refractivity contribution in [3.63, 3.8) is 0 Å². The molecule has 0 aromatic carbocycles. The van der Waals surface area contributed by atoms with E-state index in [0.717, 1.165) is 24.7 Å². The molecule has 1 aromatic heterocycles. The molecule has 2 rings (SSSR count). The number of piperidine rings is 1. The van der Waals surface area contributed by atoms with Crippen LogP contribution in [-0.4, -0.2) is 58.1 Å². The van der Waals surface area contributed by atoms with Gasteiger partial charge in [0.1, 0.15) is 0 Å². The molecule has 1 fully saturated rings. The van der Waals surface area contributed by atoms with Gasteiger partial charge in [-0.3, -0.25) is 4.68 Å². The third-order valence-electron chi connectivity index (χ3n) is 4.20. The number of β-amino-alcohol motifs (C(OH)–C–C–N with tert-alkyl or cyclic N) is 1. The Morgan fingerprint density at radius 1 is 1.45 bits per heavy atom. The number of aliphatic hydroxyl groups is 1. The van der Waals surface area contributed by atoms with Gasteiger partial charge in [-0.05, 0) is 37.9 Å². The number of hydrogen-bond donors (Lipinski definition) is 3. The molecule has 0 radical (unpaired) electrons. The lowest BCUT2D eigenvalue weighted by atomic mass is 9.99. The van der Waals surface area contributed by atoms with Gasteiger partial charge in [0.05, 0.1) is 18.3 Å². The number of hydrogen-bond acceptors (Lipinski definition) is 4. The zero-order chi connectivity index (χ0) is 15.9. The molecule has 1 aromatic rings. The van der Waals surface area contributed by atoms with Crippen LogP contribution < -0.4 is 10.6 Å². The van der Waals surface area contributed by atoms with Crippen LogP contribution in [0.15, 0.2) is 12.3 Å². The minimum absolute atomic E-state index is 0.267. The first-order valence-electron chi connectivity index (χ1n) is 7.93. The van der Waals surface area contributed by atoms with Crippen molar-refractivity contribution in [1.82, 2.24) is 25.3 Å². The second-order valence-electron chi connectivity index (χ2n) is 6.15. The van der Waals surface area contributed by atoms with Crippen LogP contribution in [0.5, 0.6) is 0 Å². The number of aliphatic hydroxyl groups excluding tert-OH is 1. The highest BCUT2D eigenvalue weighted by molar-refractivity contribution is 5.73. The van der Waals surface area contributed by atoms with Crippen LogP contribution >= 0.6 is 0 Å². The van der Waals surface area contributed by atoms with Crippen molar-refractivity contribution in [2.45, 2.75) is 32.4 Å². The second-order valence-corrected chi connectivity index (χ2v) is 6.15. The molecule has 1 unspecified atom stereocenters. The van der Waals surface area contributed by atoms with Gasteiger partial charge in [0.2, 0.25) is 0 Å². The zero-order valence-corrected chi connectivity index (χ0v) is 13.5. The number of nitrogens with one attached hydrogen (secondary N) is 2. The Morgan fingerprint density at radius 2 is 2.18 bits per heavy atom. The van der Waals surface area contributed by atoms with Crippen LogP contribution in [0.25, 0.3) is 0 Å². The lowest BCUT2D eigenvalue weighted by molar-refractivity contribution is 0.0920. The number of nitrogens with zero attached hydrogens (tertiary/aromatic N) is 3. The standard InChI is InChI=1S/C15H27N5O2/c1-12-4-7-20(8-5-12)11-14(21)10-17-15(22)16-9-13-3-6-18-19(13)2/h3,6,12,14,21H,4-5,7-11H2,1-2H3,(H2,16,17,22). The summed E-state index contributed by atoms with van der Waals surface area (Å²) in [4.78, 5) is 14.0. The second kappa shape index (κ2) is 8.14. The quantitative estimate of drug-likeness (QED) is 0.706. The van der Waals surface area contributed by atoms with Gasteiger partial charge in [-0.2, -0.15) is 5.10 Å². The zero-order valence-electron chi connectivity index (χ0n) is 13.5. The van der Waals surface area contributed by atoms with Gasteiger partial charge in [0.25, 0.3) is 0 Å². The molecule has 1 saturated heterocycles. The first-order valence-corrected chi connectivity index (χ1v) is 7.93. The van der Waals surface area contributed by atoms with E-state index in [-0.39, 0.29) is 12.6 Å². The molecule has 1 atom stereocenters. The van der Waals surface area contributed by atoms with Crippen molar-refractivity contribution in [2.75, 3.05) is 26.2 Å². The van der Waals surface area contributed by atoms with Crippen molar-refractivity contribution >= 4 is 6.03 Å². The van der Waals surface area contributed by atoms with E-state index in [1.165, 1.54) is 12.8 Å². The Bertz CT molecular complexity index is 468. The average Bonchev–Trinajstić information content (AvgIpc) is 2.91. The summed E-state index contributed by atoms with van der Waals surface area (Å²) in [5.41, 5.74) is 0.929. The van der Waals surface area contributed by atoms with E-state index in [4.69, 9.17) is 0 Å². The molecule has 2 amide bonds. The van der Waals surface area contributed by atoms with Crippen LogP contribution in [0.1, 0.15) is 25.5 Å². The van der Waals surface area contributed by atoms with Crippen molar-refractivity contribution in [1.29, 1.82) is 0 Å². The number of rotatable bonds is 6. The first-order chi connectivity index (χ1) is 10.5. The fourth-order valence-electron chi connectivity index (χ4n) is 2.63. The predicted octanol–water partition coefficient (Wildman–Crippen LogP) is 0.312. The monoisotopic (exact) mass is 309 g/mol. The van der Waals surface area contributed by atoms with Crippen LogP contribution in [0.2, 0.25) is 0 Å². The molecule has 124 valence electrons. The Balaban J connectivity index is 1.60. The highest BCUT2D eigenvalue weighted by Gasteiger charge is 2.18. The Labute approximate surface area is 131 Å². The molecular formula is C15H27N5O2. The lowest BCUT2D eigenvalue weighted by Gasteiger charge is -2.31. The van der Waals surface area contributed by atoms with Gasteiger partial charge in [0, 0.05) is 26.3 Å². The van der Waals surface area contributed by atoms with Gasteiger partial charge in [-0.15, -0.1) is 0 Å². The molecular weight excluding hydrogens is 282 g/mol. The van der Waals surface area contributed by atoms with Crippen LogP contribution in [0, 0.1) is 5.92 Å². The van der Waals surface area contributed by atoms with Crippen molar-refractivity contribution in [2.24, 2.45) is 13.0 Å². The summed E-state index contributed by atoms with van der Waals surface area (Å²) in [6.45, 7) is 5.64. The van der Waals surface area contributed by atoms with Crippen LogP contribution in [0.4, 0.5) is 4.79 Å². The van der Waals surface area contributed by atoms with E-state index in [1.807, 2.05) is 13.1 Å². The van der Waals surface area contributed by atoms with Crippen molar-refractivity contribution in [3.05, 3.63) is 18.0 Å². The summed E-state index contributed by atoms with van der Waals surface area (Å²) >= 11 is 0. The van der Waals surface area contributed by atoms with Crippen LogP contribution in [0.3, 0.4) is 0 Å². The van der Waals surface area contributed by atoms with Gasteiger partial charge >= 0.3 is 6.03 Å². The first kappa shape index (κ1) is 16.8. The van der Waals surface area contributed by atoms with Gasteiger partial charge in [-0.25, -0.2) is 4.79 Å². The van der Waals surface area contributed by atoms with E-state index in [9.17, 15) is 9.90 Å². The molecule has 22 heavy (non-hydrogen) atoms. The number of carbonyl (C=O) groups excluding carboxylic acids is 1. The number of likely N-dealkylation sites (tertiary alicyclic amines) is 1. The lowest BCUT2D eigenvalue weighted by Crippen LogP contribution is -2.45. The summed E-state index contributed by atoms with van der Waals surface area (Å²) in [6, 6.07) is 1.58. The van der Waals surface area contributed by atoms with Gasteiger partial charge < -0.3 is 20.6 Å². The van der Waals surface area contributed by atoms with E-state index < -0.39 is 6.10 Å². The molecule has 0 saturated carbocycles. The van der Waals surface area contributed by atoms with Crippen molar-refractivity contribution < 1.29 is 9.90 Å². The molecule has 3 N–H and O–H groups in total.